The minimum absolute atomic E-state index is 0.00585. The Morgan fingerprint density at radius 3 is 3.04 bits per heavy atom. The molecule has 5 nitrogen and oxygen atoms in total. The summed E-state index contributed by atoms with van der Waals surface area (Å²) in [5.41, 5.74) is 4.15. The number of rotatable bonds is 3. The molecule has 1 N–H and O–H groups in total. The standard InChI is InChI=1S/C18H18N4O/c23-18(20-12-14-5-1-3-9-19-14)13-7-8-15-16(11-13)22-10-4-2-6-17(22)21-15/h1-6,9-10,13H,7-8,11-12H2,(H,20,23). The fourth-order valence-electron chi connectivity index (χ4n) is 3.21. The fourth-order valence-corrected chi connectivity index (χ4v) is 3.21. The molecule has 1 amide bonds. The summed E-state index contributed by atoms with van der Waals surface area (Å²) in [4.78, 5) is 21.4. The molecule has 3 aromatic rings. The topological polar surface area (TPSA) is 59.3 Å². The number of aryl methyl sites for hydroxylation is 1. The van der Waals surface area contributed by atoms with Gasteiger partial charge in [-0.25, -0.2) is 4.98 Å². The molecule has 0 spiro atoms. The highest BCUT2D eigenvalue weighted by molar-refractivity contribution is 5.79. The number of carbonyl (C=O) groups is 1. The van der Waals surface area contributed by atoms with Crippen molar-refractivity contribution < 1.29 is 4.79 Å². The van der Waals surface area contributed by atoms with Crippen molar-refractivity contribution in [3.63, 3.8) is 0 Å². The predicted octanol–water partition coefficient (Wildman–Crippen LogP) is 2.15. The molecule has 23 heavy (non-hydrogen) atoms. The molecule has 1 aliphatic carbocycles. The summed E-state index contributed by atoms with van der Waals surface area (Å²) in [6.07, 6.45) is 6.22. The summed E-state index contributed by atoms with van der Waals surface area (Å²) in [5.74, 6) is 0.110. The average molecular weight is 306 g/mol. The zero-order valence-corrected chi connectivity index (χ0v) is 12.8. The Morgan fingerprint density at radius 1 is 1.26 bits per heavy atom. The van der Waals surface area contributed by atoms with E-state index in [1.165, 1.54) is 5.69 Å². The first-order valence-electron chi connectivity index (χ1n) is 7.94. The van der Waals surface area contributed by atoms with E-state index >= 15 is 0 Å². The second kappa shape index (κ2) is 5.83. The third-order valence-electron chi connectivity index (χ3n) is 4.42. The van der Waals surface area contributed by atoms with Crippen molar-refractivity contribution in [3.8, 4) is 0 Å². The molecule has 0 fully saturated rings. The molecule has 3 aromatic heterocycles. The van der Waals surface area contributed by atoms with Crippen LogP contribution in [0.15, 0.2) is 48.8 Å². The van der Waals surface area contributed by atoms with Crippen LogP contribution in [-0.4, -0.2) is 20.3 Å². The van der Waals surface area contributed by atoms with Gasteiger partial charge < -0.3 is 9.72 Å². The molecule has 1 unspecified atom stereocenters. The average Bonchev–Trinajstić information content (AvgIpc) is 2.98. The molecule has 1 aliphatic rings. The van der Waals surface area contributed by atoms with E-state index in [9.17, 15) is 4.79 Å². The molecule has 0 radical (unpaired) electrons. The van der Waals surface area contributed by atoms with Gasteiger partial charge in [-0.2, -0.15) is 0 Å². The smallest absolute Gasteiger partial charge is 0.223 e. The molecular weight excluding hydrogens is 288 g/mol. The summed E-state index contributed by atoms with van der Waals surface area (Å²) in [5, 5.41) is 3.01. The number of nitrogens with one attached hydrogen (secondary N) is 1. The Balaban J connectivity index is 1.48. The van der Waals surface area contributed by atoms with E-state index in [2.05, 4.69) is 19.7 Å². The summed E-state index contributed by atoms with van der Waals surface area (Å²) in [7, 11) is 0. The van der Waals surface area contributed by atoms with Crippen molar-refractivity contribution in [2.24, 2.45) is 5.92 Å². The van der Waals surface area contributed by atoms with Crippen LogP contribution in [0.2, 0.25) is 0 Å². The monoisotopic (exact) mass is 306 g/mol. The second-order valence-electron chi connectivity index (χ2n) is 5.91. The van der Waals surface area contributed by atoms with Gasteiger partial charge in [0.15, 0.2) is 0 Å². The molecule has 0 aliphatic heterocycles. The third-order valence-corrected chi connectivity index (χ3v) is 4.42. The van der Waals surface area contributed by atoms with Gasteiger partial charge >= 0.3 is 0 Å². The van der Waals surface area contributed by atoms with Crippen LogP contribution in [0.1, 0.15) is 23.5 Å². The number of imidazole rings is 1. The number of amides is 1. The van der Waals surface area contributed by atoms with Crippen molar-refractivity contribution in [1.82, 2.24) is 19.7 Å². The summed E-state index contributed by atoms with van der Waals surface area (Å²) >= 11 is 0. The normalized spacial score (nSPS) is 17.0. The van der Waals surface area contributed by atoms with Crippen molar-refractivity contribution in [3.05, 3.63) is 65.9 Å². The maximum absolute atomic E-state index is 12.5. The van der Waals surface area contributed by atoms with Gasteiger partial charge in [0, 0.05) is 30.4 Å². The van der Waals surface area contributed by atoms with Crippen molar-refractivity contribution in [2.45, 2.75) is 25.8 Å². The lowest BCUT2D eigenvalue weighted by molar-refractivity contribution is -0.125. The second-order valence-corrected chi connectivity index (χ2v) is 5.91. The number of pyridine rings is 2. The van der Waals surface area contributed by atoms with Gasteiger partial charge in [-0.3, -0.25) is 9.78 Å². The molecule has 4 rings (SSSR count). The minimum Gasteiger partial charge on any atom is -0.350 e. The Morgan fingerprint density at radius 2 is 2.17 bits per heavy atom. The summed E-state index contributed by atoms with van der Waals surface area (Å²) in [6.45, 7) is 0.482. The van der Waals surface area contributed by atoms with Crippen LogP contribution in [0, 0.1) is 5.92 Å². The lowest BCUT2D eigenvalue weighted by Gasteiger charge is -2.21. The van der Waals surface area contributed by atoms with E-state index in [1.54, 1.807) is 6.20 Å². The molecule has 3 heterocycles. The minimum atomic E-state index is 0.00585. The maximum Gasteiger partial charge on any atom is 0.223 e. The van der Waals surface area contributed by atoms with Gasteiger partial charge in [0.05, 0.1) is 17.9 Å². The Labute approximate surface area is 134 Å². The highest BCUT2D eigenvalue weighted by Gasteiger charge is 2.27. The van der Waals surface area contributed by atoms with Crippen molar-refractivity contribution >= 4 is 11.6 Å². The van der Waals surface area contributed by atoms with Gasteiger partial charge in [0.2, 0.25) is 5.91 Å². The number of nitrogens with zero attached hydrogens (tertiary/aromatic N) is 3. The van der Waals surface area contributed by atoms with Gasteiger partial charge in [-0.05, 0) is 37.1 Å². The van der Waals surface area contributed by atoms with Gasteiger partial charge in [0.1, 0.15) is 5.65 Å². The van der Waals surface area contributed by atoms with Crippen LogP contribution in [0.25, 0.3) is 5.65 Å². The highest BCUT2D eigenvalue weighted by atomic mass is 16.1. The Kier molecular flexibility index (Phi) is 3.54. The molecule has 0 saturated carbocycles. The molecular formula is C18H18N4O. The van der Waals surface area contributed by atoms with Crippen LogP contribution in [0.4, 0.5) is 0 Å². The van der Waals surface area contributed by atoms with Crippen molar-refractivity contribution in [1.29, 1.82) is 0 Å². The number of fused-ring (bicyclic) bond motifs is 3. The lowest BCUT2D eigenvalue weighted by atomic mass is 9.89. The first-order valence-corrected chi connectivity index (χ1v) is 7.94. The highest BCUT2D eigenvalue weighted by Crippen LogP contribution is 2.26. The largest absolute Gasteiger partial charge is 0.350 e. The van der Waals surface area contributed by atoms with Gasteiger partial charge in [0.25, 0.3) is 0 Å². The fraction of sp³-hybridized carbons (Fsp3) is 0.278. The third kappa shape index (κ3) is 2.70. The summed E-state index contributed by atoms with van der Waals surface area (Å²) < 4.78 is 2.10. The molecule has 116 valence electrons. The number of hydrogen-bond donors (Lipinski definition) is 1. The zero-order valence-electron chi connectivity index (χ0n) is 12.8. The van der Waals surface area contributed by atoms with Crippen LogP contribution in [0.3, 0.4) is 0 Å². The lowest BCUT2D eigenvalue weighted by Crippen LogP contribution is -2.34. The van der Waals surface area contributed by atoms with E-state index in [-0.39, 0.29) is 11.8 Å². The number of hydrogen-bond acceptors (Lipinski definition) is 3. The van der Waals surface area contributed by atoms with Gasteiger partial charge in [-0.15, -0.1) is 0 Å². The van der Waals surface area contributed by atoms with E-state index in [4.69, 9.17) is 0 Å². The van der Waals surface area contributed by atoms with Crippen LogP contribution in [0.5, 0.6) is 0 Å². The van der Waals surface area contributed by atoms with Crippen LogP contribution >= 0.6 is 0 Å². The van der Waals surface area contributed by atoms with E-state index < -0.39 is 0 Å². The molecule has 0 saturated heterocycles. The Hall–Kier alpha value is -2.69. The molecule has 1 atom stereocenters. The molecule has 0 aromatic carbocycles. The van der Waals surface area contributed by atoms with Gasteiger partial charge in [-0.1, -0.05) is 12.1 Å². The van der Waals surface area contributed by atoms with E-state index in [1.807, 2.05) is 42.6 Å². The number of carbonyl (C=O) groups excluding carboxylic acids is 1. The number of aromatic nitrogens is 3. The first kappa shape index (κ1) is 13.9. The van der Waals surface area contributed by atoms with Crippen molar-refractivity contribution in [2.75, 3.05) is 0 Å². The quantitative estimate of drug-likeness (QED) is 0.806. The zero-order chi connectivity index (χ0) is 15.6. The predicted molar refractivity (Wildman–Crippen MR) is 86.8 cm³/mol. The molecule has 0 bridgehead atoms. The van der Waals surface area contributed by atoms with E-state index in [0.717, 1.165) is 36.3 Å². The SMILES string of the molecule is O=C(NCc1ccccn1)C1CCc2nc3ccccn3c2C1. The van der Waals surface area contributed by atoms with Crippen LogP contribution in [-0.2, 0) is 24.2 Å². The summed E-state index contributed by atoms with van der Waals surface area (Å²) in [6, 6.07) is 11.7. The van der Waals surface area contributed by atoms with E-state index in [0.29, 0.717) is 6.54 Å². The Bertz CT molecular complexity index is 841. The maximum atomic E-state index is 12.5. The first-order chi connectivity index (χ1) is 11.3. The molecule has 5 heteroatoms. The van der Waals surface area contributed by atoms with Crippen LogP contribution < -0.4 is 5.32 Å².